The quantitative estimate of drug-likeness (QED) is 0.577. The number of aryl methyl sites for hydroxylation is 3. The van der Waals surface area contributed by atoms with E-state index >= 15 is 0 Å². The first-order valence-electron chi connectivity index (χ1n) is 11.0. The molecule has 2 N–H and O–H groups in total. The molecule has 4 rings (SSSR count). The lowest BCUT2D eigenvalue weighted by Crippen LogP contribution is -2.30. The SMILES string of the molecule is Cc1ccc2c(CC(=O)N/N=C3\CCCc4oc(C(=O)NC(C)C)c(C)c43)coc2c1C. The highest BCUT2D eigenvalue weighted by atomic mass is 16.4. The number of fused-ring (bicyclic) bond motifs is 2. The van der Waals surface area contributed by atoms with E-state index in [0.29, 0.717) is 12.2 Å². The van der Waals surface area contributed by atoms with Gasteiger partial charge in [-0.05, 0) is 58.6 Å². The van der Waals surface area contributed by atoms with Gasteiger partial charge in [-0.15, -0.1) is 0 Å². The van der Waals surface area contributed by atoms with E-state index in [1.807, 2.05) is 46.8 Å². The predicted octanol–water partition coefficient (Wildman–Crippen LogP) is 4.49. The summed E-state index contributed by atoms with van der Waals surface area (Å²) >= 11 is 0. The molecular weight excluding hydrogens is 406 g/mol. The van der Waals surface area contributed by atoms with E-state index in [1.54, 1.807) is 6.26 Å². The van der Waals surface area contributed by atoms with Crippen LogP contribution in [0.5, 0.6) is 0 Å². The van der Waals surface area contributed by atoms with E-state index in [4.69, 9.17) is 8.83 Å². The van der Waals surface area contributed by atoms with Crippen molar-refractivity contribution < 1.29 is 18.4 Å². The van der Waals surface area contributed by atoms with Crippen LogP contribution in [0.2, 0.25) is 0 Å². The summed E-state index contributed by atoms with van der Waals surface area (Å²) in [5, 5.41) is 8.22. The van der Waals surface area contributed by atoms with Crippen molar-refractivity contribution >= 4 is 28.5 Å². The molecule has 1 aliphatic rings. The Hall–Kier alpha value is -3.35. The van der Waals surface area contributed by atoms with E-state index in [1.165, 1.54) is 0 Å². The van der Waals surface area contributed by atoms with Gasteiger partial charge in [-0.1, -0.05) is 12.1 Å². The van der Waals surface area contributed by atoms with Gasteiger partial charge in [-0.2, -0.15) is 5.10 Å². The Balaban J connectivity index is 1.53. The van der Waals surface area contributed by atoms with Crippen molar-refractivity contribution in [1.82, 2.24) is 10.7 Å². The number of hydrogen-bond donors (Lipinski definition) is 2. The van der Waals surface area contributed by atoms with E-state index < -0.39 is 0 Å². The number of hydrazone groups is 1. The van der Waals surface area contributed by atoms with E-state index in [9.17, 15) is 9.59 Å². The van der Waals surface area contributed by atoms with Crippen LogP contribution in [0, 0.1) is 20.8 Å². The van der Waals surface area contributed by atoms with Gasteiger partial charge in [0.2, 0.25) is 5.91 Å². The van der Waals surface area contributed by atoms with Crippen LogP contribution in [0.3, 0.4) is 0 Å². The Morgan fingerprint density at radius 1 is 1.12 bits per heavy atom. The average Bonchev–Trinajstić information content (AvgIpc) is 3.30. The molecule has 7 nitrogen and oxygen atoms in total. The summed E-state index contributed by atoms with van der Waals surface area (Å²) in [5.74, 6) is 0.625. The van der Waals surface area contributed by atoms with Crippen LogP contribution in [0.25, 0.3) is 11.0 Å². The van der Waals surface area contributed by atoms with Crippen LogP contribution in [0.15, 0.2) is 32.3 Å². The largest absolute Gasteiger partial charge is 0.464 e. The predicted molar refractivity (Wildman–Crippen MR) is 123 cm³/mol. The van der Waals surface area contributed by atoms with Crippen molar-refractivity contribution in [2.45, 2.75) is 66.3 Å². The summed E-state index contributed by atoms with van der Waals surface area (Å²) < 4.78 is 11.6. The van der Waals surface area contributed by atoms with Gasteiger partial charge in [0.15, 0.2) is 5.76 Å². The topological polar surface area (TPSA) is 96.8 Å². The molecule has 32 heavy (non-hydrogen) atoms. The smallest absolute Gasteiger partial charge is 0.287 e. The van der Waals surface area contributed by atoms with Gasteiger partial charge in [0.25, 0.3) is 5.91 Å². The van der Waals surface area contributed by atoms with Gasteiger partial charge in [0.05, 0.1) is 18.4 Å². The van der Waals surface area contributed by atoms with Crippen molar-refractivity contribution in [3.05, 3.63) is 57.7 Å². The van der Waals surface area contributed by atoms with Crippen LogP contribution in [-0.4, -0.2) is 23.6 Å². The molecule has 0 radical (unpaired) electrons. The van der Waals surface area contributed by atoms with Crippen molar-refractivity contribution in [3.63, 3.8) is 0 Å². The second-order valence-electron chi connectivity index (χ2n) is 8.75. The molecule has 2 aromatic heterocycles. The highest BCUT2D eigenvalue weighted by molar-refractivity contribution is 6.06. The lowest BCUT2D eigenvalue weighted by atomic mass is 9.93. The van der Waals surface area contributed by atoms with Crippen LogP contribution < -0.4 is 10.7 Å². The van der Waals surface area contributed by atoms with E-state index in [0.717, 1.165) is 63.1 Å². The number of amides is 2. The molecule has 0 saturated heterocycles. The Kier molecular flexibility index (Phi) is 5.91. The number of hydrogen-bond acceptors (Lipinski definition) is 5. The lowest BCUT2D eigenvalue weighted by molar-refractivity contribution is -0.120. The fourth-order valence-electron chi connectivity index (χ4n) is 4.19. The maximum absolute atomic E-state index is 12.6. The summed E-state index contributed by atoms with van der Waals surface area (Å²) in [6.07, 6.45) is 4.13. The van der Waals surface area contributed by atoms with E-state index in [-0.39, 0.29) is 24.3 Å². The number of carbonyl (C=O) groups is 2. The Morgan fingerprint density at radius 3 is 2.66 bits per heavy atom. The Morgan fingerprint density at radius 2 is 1.91 bits per heavy atom. The zero-order valence-corrected chi connectivity index (χ0v) is 19.2. The van der Waals surface area contributed by atoms with Crippen LogP contribution >= 0.6 is 0 Å². The molecular formula is C25H29N3O4. The van der Waals surface area contributed by atoms with Crippen molar-refractivity contribution in [2.75, 3.05) is 0 Å². The number of benzene rings is 1. The Labute approximate surface area is 187 Å². The molecule has 0 fully saturated rings. The summed E-state index contributed by atoms with van der Waals surface area (Å²) in [6.45, 7) is 9.73. The third-order valence-corrected chi connectivity index (χ3v) is 5.96. The van der Waals surface area contributed by atoms with Gasteiger partial charge in [-0.3, -0.25) is 9.59 Å². The first-order valence-corrected chi connectivity index (χ1v) is 11.0. The number of rotatable bonds is 5. The van der Waals surface area contributed by atoms with Gasteiger partial charge in [-0.25, -0.2) is 5.43 Å². The highest BCUT2D eigenvalue weighted by Crippen LogP contribution is 2.30. The summed E-state index contributed by atoms with van der Waals surface area (Å²) in [5.41, 5.74) is 8.91. The summed E-state index contributed by atoms with van der Waals surface area (Å²) in [4.78, 5) is 25.1. The first kappa shape index (κ1) is 21.9. The van der Waals surface area contributed by atoms with Gasteiger partial charge in [0, 0.05) is 34.5 Å². The van der Waals surface area contributed by atoms with Crippen LogP contribution in [-0.2, 0) is 17.6 Å². The monoisotopic (exact) mass is 435 g/mol. The second kappa shape index (κ2) is 8.65. The molecule has 3 aromatic rings. The zero-order chi connectivity index (χ0) is 23.0. The maximum Gasteiger partial charge on any atom is 0.287 e. The van der Waals surface area contributed by atoms with Crippen molar-refractivity contribution in [2.24, 2.45) is 5.10 Å². The third kappa shape index (κ3) is 4.07. The van der Waals surface area contributed by atoms with Gasteiger partial charge >= 0.3 is 0 Å². The number of nitrogens with one attached hydrogen (secondary N) is 2. The minimum Gasteiger partial charge on any atom is -0.464 e. The third-order valence-electron chi connectivity index (χ3n) is 5.96. The average molecular weight is 436 g/mol. The maximum atomic E-state index is 12.6. The normalized spacial score (nSPS) is 14.8. The Bertz CT molecular complexity index is 1230. The van der Waals surface area contributed by atoms with Crippen LogP contribution in [0.1, 0.15) is 70.8 Å². The molecule has 0 aliphatic heterocycles. The summed E-state index contributed by atoms with van der Waals surface area (Å²) in [7, 11) is 0. The molecule has 0 bridgehead atoms. The molecule has 0 spiro atoms. The standard InChI is InChI=1S/C25H29N3O4/c1-13(2)26-25(30)24-16(5)22-19(7-6-8-20(22)32-24)27-28-21(29)11-17-12-31-23-15(4)14(3)9-10-18(17)23/h9-10,12-13H,6-8,11H2,1-5H3,(H,26,30)(H,28,29)/b27-19+. The first-order chi connectivity index (χ1) is 15.3. The fraction of sp³-hybridized carbons (Fsp3) is 0.400. The molecule has 1 aromatic carbocycles. The molecule has 7 heteroatoms. The van der Waals surface area contributed by atoms with E-state index in [2.05, 4.69) is 15.8 Å². The van der Waals surface area contributed by atoms with Gasteiger partial charge < -0.3 is 14.2 Å². The molecule has 1 aliphatic carbocycles. The second-order valence-corrected chi connectivity index (χ2v) is 8.75. The summed E-state index contributed by atoms with van der Waals surface area (Å²) in [6, 6.07) is 4.04. The van der Waals surface area contributed by atoms with Gasteiger partial charge in [0.1, 0.15) is 11.3 Å². The minimum atomic E-state index is -0.229. The molecule has 2 heterocycles. The van der Waals surface area contributed by atoms with Crippen LogP contribution in [0.4, 0.5) is 0 Å². The molecule has 0 atom stereocenters. The lowest BCUT2D eigenvalue weighted by Gasteiger charge is -2.13. The zero-order valence-electron chi connectivity index (χ0n) is 19.2. The highest BCUT2D eigenvalue weighted by Gasteiger charge is 2.28. The van der Waals surface area contributed by atoms with Crippen molar-refractivity contribution in [1.29, 1.82) is 0 Å². The molecule has 168 valence electrons. The fourth-order valence-corrected chi connectivity index (χ4v) is 4.19. The number of nitrogens with zero attached hydrogens (tertiary/aromatic N) is 1. The number of furan rings is 2. The minimum absolute atomic E-state index is 0.0168. The molecule has 2 amide bonds. The van der Waals surface area contributed by atoms with Crippen molar-refractivity contribution in [3.8, 4) is 0 Å². The number of carbonyl (C=O) groups excluding carboxylic acids is 2. The molecule has 0 unspecified atom stereocenters. The molecule has 0 saturated carbocycles.